The Balaban J connectivity index is 2.65. The van der Waals surface area contributed by atoms with Crippen molar-refractivity contribution in [1.82, 2.24) is 20.4 Å². The number of ether oxygens (including phenoxy) is 4. The summed E-state index contributed by atoms with van der Waals surface area (Å²) in [5, 5.41) is 2.71. The van der Waals surface area contributed by atoms with Gasteiger partial charge in [0.2, 0.25) is 0 Å². The summed E-state index contributed by atoms with van der Waals surface area (Å²) in [6.45, 7) is 1.38. The molecule has 1 aliphatic heterocycles. The van der Waals surface area contributed by atoms with Gasteiger partial charge in [0.25, 0.3) is 0 Å². The van der Waals surface area contributed by atoms with Crippen molar-refractivity contribution >= 4 is 30.1 Å². The molecule has 0 saturated carbocycles. The first-order valence-corrected chi connectivity index (χ1v) is 8.20. The molecule has 0 saturated heterocycles. The number of aromatic nitrogens is 1. The second kappa shape index (κ2) is 8.95. The second-order valence-corrected chi connectivity index (χ2v) is 5.68. The zero-order chi connectivity index (χ0) is 21.7. The topological polar surface area (TPSA) is 140 Å². The lowest BCUT2D eigenvalue weighted by molar-refractivity contribution is 0.0456. The van der Waals surface area contributed by atoms with E-state index >= 15 is 0 Å². The van der Waals surface area contributed by atoms with E-state index in [4.69, 9.17) is 14.2 Å². The normalized spacial score (nSPS) is 15.0. The predicted octanol–water partition coefficient (Wildman–Crippen LogP) is 1.34. The highest BCUT2D eigenvalue weighted by Crippen LogP contribution is 2.37. The summed E-state index contributed by atoms with van der Waals surface area (Å²) in [6.07, 6.45) is -2.25. The van der Waals surface area contributed by atoms with Gasteiger partial charge in [-0.05, 0) is 13.0 Å². The summed E-state index contributed by atoms with van der Waals surface area (Å²) in [5.74, 6) is 0. The third-order valence-corrected chi connectivity index (χ3v) is 4.04. The van der Waals surface area contributed by atoms with Crippen LogP contribution in [0.5, 0.6) is 0 Å². The SMILES string of the molecule is COC(=O)NN(C(=O)OC)C1CN(C(=O)OC)N(C(=O)OC)c2cc(C)ncc21. The van der Waals surface area contributed by atoms with Crippen molar-refractivity contribution in [2.45, 2.75) is 13.0 Å². The molecule has 0 aromatic carbocycles. The van der Waals surface area contributed by atoms with E-state index in [1.54, 1.807) is 6.92 Å². The fourth-order valence-electron chi connectivity index (χ4n) is 2.73. The molecule has 1 aliphatic rings. The number of hydrogen-bond acceptors (Lipinski definition) is 9. The van der Waals surface area contributed by atoms with Crippen LogP contribution >= 0.6 is 0 Å². The molecule has 1 unspecified atom stereocenters. The van der Waals surface area contributed by atoms with Crippen molar-refractivity contribution in [3.05, 3.63) is 23.5 Å². The van der Waals surface area contributed by atoms with Crippen molar-refractivity contribution < 1.29 is 38.1 Å². The molecule has 2 heterocycles. The van der Waals surface area contributed by atoms with Crippen LogP contribution < -0.4 is 10.4 Å². The van der Waals surface area contributed by atoms with Crippen LogP contribution in [0.25, 0.3) is 0 Å². The lowest BCUT2D eigenvalue weighted by atomic mass is 10.0. The molecule has 13 nitrogen and oxygen atoms in total. The summed E-state index contributed by atoms with van der Waals surface area (Å²) >= 11 is 0. The Morgan fingerprint density at radius 3 is 2.28 bits per heavy atom. The van der Waals surface area contributed by atoms with Gasteiger partial charge in [-0.1, -0.05) is 0 Å². The van der Waals surface area contributed by atoms with E-state index in [0.717, 1.165) is 43.5 Å². The Hall–Kier alpha value is -3.77. The molecular weight excluding hydrogens is 390 g/mol. The third-order valence-electron chi connectivity index (χ3n) is 4.04. The van der Waals surface area contributed by atoms with Gasteiger partial charge in [-0.25, -0.2) is 34.6 Å². The van der Waals surface area contributed by atoms with E-state index in [9.17, 15) is 19.2 Å². The largest absolute Gasteiger partial charge is 0.452 e. The first-order chi connectivity index (χ1) is 13.8. The Kier molecular flexibility index (Phi) is 6.64. The van der Waals surface area contributed by atoms with Crippen LogP contribution in [0.15, 0.2) is 12.3 Å². The van der Waals surface area contributed by atoms with Crippen LogP contribution in [-0.2, 0) is 18.9 Å². The van der Waals surface area contributed by atoms with E-state index in [1.165, 1.54) is 12.3 Å². The molecule has 13 heteroatoms. The second-order valence-electron chi connectivity index (χ2n) is 5.68. The number of nitrogens with one attached hydrogen (secondary N) is 1. The van der Waals surface area contributed by atoms with E-state index in [1.807, 2.05) is 0 Å². The average Bonchev–Trinajstić information content (AvgIpc) is 2.74. The summed E-state index contributed by atoms with van der Waals surface area (Å²) in [7, 11) is 4.51. The smallest absolute Gasteiger partial charge is 0.433 e. The first kappa shape index (κ1) is 21.5. The quantitative estimate of drug-likeness (QED) is 0.535. The molecule has 158 valence electrons. The van der Waals surface area contributed by atoms with E-state index in [0.29, 0.717) is 11.3 Å². The first-order valence-electron chi connectivity index (χ1n) is 8.20. The number of pyridine rings is 1. The lowest BCUT2D eigenvalue weighted by Gasteiger charge is -2.43. The Labute approximate surface area is 166 Å². The highest BCUT2D eigenvalue weighted by molar-refractivity contribution is 5.92. The number of hydrogen-bond donors (Lipinski definition) is 1. The van der Waals surface area contributed by atoms with Gasteiger partial charge < -0.3 is 18.9 Å². The molecule has 4 amide bonds. The number of hydrazine groups is 2. The summed E-state index contributed by atoms with van der Waals surface area (Å²) in [5.41, 5.74) is 3.29. The monoisotopic (exact) mass is 411 g/mol. The number of nitrogens with zero attached hydrogens (tertiary/aromatic N) is 4. The molecule has 2 rings (SSSR count). The fraction of sp³-hybridized carbons (Fsp3) is 0.438. The maximum absolute atomic E-state index is 12.4. The number of fused-ring (bicyclic) bond motifs is 1. The molecule has 0 fully saturated rings. The number of methoxy groups -OCH3 is 4. The number of anilines is 1. The number of carbonyl (C=O) groups is 4. The molecule has 0 aliphatic carbocycles. The van der Waals surface area contributed by atoms with Crippen LogP contribution in [0.4, 0.5) is 24.9 Å². The average molecular weight is 411 g/mol. The molecule has 0 radical (unpaired) electrons. The van der Waals surface area contributed by atoms with Gasteiger partial charge in [0, 0.05) is 17.5 Å². The van der Waals surface area contributed by atoms with Gasteiger partial charge in [-0.15, -0.1) is 0 Å². The van der Waals surface area contributed by atoms with Crippen LogP contribution in [0, 0.1) is 6.92 Å². The van der Waals surface area contributed by atoms with Gasteiger partial charge in [-0.2, -0.15) is 5.01 Å². The van der Waals surface area contributed by atoms with Gasteiger partial charge in [0.05, 0.1) is 40.7 Å². The number of rotatable bonds is 1. The van der Waals surface area contributed by atoms with Crippen molar-refractivity contribution in [1.29, 1.82) is 0 Å². The molecule has 0 bridgehead atoms. The minimum absolute atomic E-state index is 0.201. The van der Waals surface area contributed by atoms with Gasteiger partial charge in [0.15, 0.2) is 0 Å². The number of carbonyl (C=O) groups excluding carboxylic acids is 4. The molecule has 1 atom stereocenters. The van der Waals surface area contributed by atoms with Crippen LogP contribution in [0.2, 0.25) is 0 Å². The Bertz CT molecular complexity index is 816. The summed E-state index contributed by atoms with van der Waals surface area (Å²) in [4.78, 5) is 53.0. The maximum Gasteiger partial charge on any atom is 0.433 e. The van der Waals surface area contributed by atoms with Crippen molar-refractivity contribution in [2.75, 3.05) is 40.0 Å². The molecule has 29 heavy (non-hydrogen) atoms. The minimum atomic E-state index is -0.996. The van der Waals surface area contributed by atoms with E-state index < -0.39 is 30.4 Å². The van der Waals surface area contributed by atoms with Gasteiger partial charge in [0.1, 0.15) is 6.04 Å². The highest BCUT2D eigenvalue weighted by atomic mass is 16.6. The Morgan fingerprint density at radius 1 is 1.07 bits per heavy atom. The lowest BCUT2D eigenvalue weighted by Crippen LogP contribution is -2.59. The van der Waals surface area contributed by atoms with Crippen molar-refractivity contribution in [3.63, 3.8) is 0 Å². The van der Waals surface area contributed by atoms with Gasteiger partial charge >= 0.3 is 24.4 Å². The predicted molar refractivity (Wildman–Crippen MR) is 95.5 cm³/mol. The fourth-order valence-corrected chi connectivity index (χ4v) is 2.73. The number of amides is 4. The van der Waals surface area contributed by atoms with E-state index in [-0.39, 0.29) is 12.2 Å². The van der Waals surface area contributed by atoms with E-state index in [2.05, 4.69) is 15.1 Å². The zero-order valence-corrected chi connectivity index (χ0v) is 16.5. The van der Waals surface area contributed by atoms with Crippen molar-refractivity contribution in [3.8, 4) is 0 Å². The molecular formula is C16H21N5O8. The van der Waals surface area contributed by atoms with Crippen molar-refractivity contribution in [2.24, 2.45) is 0 Å². The molecule has 1 N–H and O–H groups in total. The molecule has 1 aromatic rings. The summed E-state index contributed by atoms with van der Waals surface area (Å²) in [6, 6.07) is 0.520. The van der Waals surface area contributed by atoms with Crippen LogP contribution in [0.1, 0.15) is 17.3 Å². The van der Waals surface area contributed by atoms with Crippen LogP contribution in [-0.4, -0.2) is 74.4 Å². The maximum atomic E-state index is 12.4. The summed E-state index contributed by atoms with van der Waals surface area (Å²) < 4.78 is 18.8. The third kappa shape index (κ3) is 4.23. The number of aryl methyl sites for hydroxylation is 1. The zero-order valence-electron chi connectivity index (χ0n) is 16.5. The Morgan fingerprint density at radius 2 is 1.72 bits per heavy atom. The molecule has 1 aromatic heterocycles. The van der Waals surface area contributed by atoms with Gasteiger partial charge in [-0.3, -0.25) is 4.98 Å². The molecule has 0 spiro atoms. The standard InChI is InChI=1S/C16H21N5O8/c1-9-6-11-10(7-17-9)12(20(15(24)28-4)18-13(22)26-2)8-19(14(23)27-3)21(11)16(25)29-5/h6-7,12H,8H2,1-5H3,(H,18,22). The minimum Gasteiger partial charge on any atom is -0.452 e. The highest BCUT2D eigenvalue weighted by Gasteiger charge is 2.43. The van der Waals surface area contributed by atoms with Crippen LogP contribution in [0.3, 0.4) is 0 Å².